The maximum Gasteiger partial charge on any atom is 0.340 e. The fourth-order valence-electron chi connectivity index (χ4n) is 2.04. The number of carbonyl (C=O) groups excluding carboxylic acids is 2. The lowest BCUT2D eigenvalue weighted by Gasteiger charge is -2.11. The van der Waals surface area contributed by atoms with Crippen LogP contribution in [0.2, 0.25) is 5.02 Å². The summed E-state index contributed by atoms with van der Waals surface area (Å²) in [5.41, 5.74) is -0.336. The largest absolute Gasteiger partial charge is 0.465 e. The summed E-state index contributed by atoms with van der Waals surface area (Å²) in [7, 11) is 1.06. The van der Waals surface area contributed by atoms with Crippen LogP contribution >= 0.6 is 11.6 Å². The van der Waals surface area contributed by atoms with E-state index in [1.165, 1.54) is 18.2 Å². The average Bonchev–Trinajstić information content (AvgIpc) is 2.60. The zero-order chi connectivity index (χ0) is 19.3. The lowest BCUT2D eigenvalue weighted by atomic mass is 10.1. The van der Waals surface area contributed by atoms with Gasteiger partial charge in [-0.2, -0.15) is 5.26 Å². The molecule has 0 radical (unpaired) electrons. The summed E-state index contributed by atoms with van der Waals surface area (Å²) in [6, 6.07) is 7.64. The van der Waals surface area contributed by atoms with Gasteiger partial charge in [-0.05, 0) is 24.3 Å². The number of benzene rings is 2. The lowest BCUT2D eigenvalue weighted by molar-refractivity contribution is -0.114. The molecule has 0 unspecified atom stereocenters. The first-order valence-electron chi connectivity index (χ1n) is 7.16. The molecule has 0 saturated heterocycles. The molecule has 0 aliphatic heterocycles. The smallest absolute Gasteiger partial charge is 0.340 e. The molecule has 0 aromatic heterocycles. The van der Waals surface area contributed by atoms with E-state index in [4.69, 9.17) is 16.9 Å². The van der Waals surface area contributed by atoms with Crippen LogP contribution in [0.1, 0.15) is 15.9 Å². The number of hydrogen-bond donors (Lipinski definition) is 2. The first-order valence-corrected chi connectivity index (χ1v) is 7.54. The topological polar surface area (TPSA) is 91.2 Å². The highest BCUT2D eigenvalue weighted by Gasteiger charge is 2.17. The number of esters is 1. The minimum Gasteiger partial charge on any atom is -0.465 e. The number of amides is 1. The van der Waals surface area contributed by atoms with Gasteiger partial charge in [-0.3, -0.25) is 4.79 Å². The summed E-state index contributed by atoms with van der Waals surface area (Å²) < 4.78 is 31.8. The van der Waals surface area contributed by atoms with Gasteiger partial charge in [-0.25, -0.2) is 13.6 Å². The van der Waals surface area contributed by atoms with Gasteiger partial charge in [0.1, 0.15) is 17.7 Å². The molecule has 0 spiro atoms. The summed E-state index contributed by atoms with van der Waals surface area (Å²) in [5, 5.41) is 14.2. The lowest BCUT2D eigenvalue weighted by Crippen LogP contribution is -2.23. The molecule has 2 aromatic carbocycles. The van der Waals surface area contributed by atoms with Crippen molar-refractivity contribution in [3.05, 3.63) is 58.1 Å². The maximum atomic E-state index is 13.8. The highest BCUT2D eigenvalue weighted by molar-refractivity contribution is 6.31. The van der Waals surface area contributed by atoms with Gasteiger partial charge in [0.05, 0.1) is 36.2 Å². The van der Waals surface area contributed by atoms with Crippen LogP contribution in [0.15, 0.2) is 30.3 Å². The van der Waals surface area contributed by atoms with Crippen molar-refractivity contribution in [3.63, 3.8) is 0 Å². The summed E-state index contributed by atoms with van der Waals surface area (Å²) >= 11 is 5.82. The number of nitrogens with zero attached hydrogens (tertiary/aromatic N) is 1. The predicted octanol–water partition coefficient (Wildman–Crippen LogP) is 3.33. The fraction of sp³-hybridized carbons (Fsp3) is 0.118. The fourth-order valence-corrected chi connectivity index (χ4v) is 2.21. The highest BCUT2D eigenvalue weighted by atomic mass is 35.5. The highest BCUT2D eigenvalue weighted by Crippen LogP contribution is 2.22. The molecule has 26 heavy (non-hydrogen) atoms. The Labute approximate surface area is 152 Å². The summed E-state index contributed by atoms with van der Waals surface area (Å²) in [5.74, 6) is -3.65. The second-order valence-corrected chi connectivity index (χ2v) is 5.44. The Balaban J connectivity index is 2.12. The molecule has 0 heterocycles. The van der Waals surface area contributed by atoms with Crippen LogP contribution in [0.4, 0.5) is 20.2 Å². The second kappa shape index (κ2) is 8.27. The Bertz CT molecular complexity index is 913. The number of nitrogens with one attached hydrogen (secondary N) is 2. The number of rotatable bonds is 5. The Morgan fingerprint density at radius 3 is 2.58 bits per heavy atom. The second-order valence-electron chi connectivity index (χ2n) is 5.01. The molecule has 6 nitrogen and oxygen atoms in total. The van der Waals surface area contributed by atoms with Gasteiger partial charge in [0.2, 0.25) is 5.91 Å². The average molecular weight is 380 g/mol. The maximum absolute atomic E-state index is 13.8. The standard InChI is InChI=1S/C17H12ClF2N3O3/c1-26-17(25)11-5-15(13(20)6-12(11)19)22-8-16(24)23-14-4-10(18)3-2-9(14)7-21/h2-6,22H,8H2,1H3,(H,23,24). The minimum atomic E-state index is -1.08. The van der Waals surface area contributed by atoms with E-state index in [2.05, 4.69) is 15.4 Å². The predicted molar refractivity (Wildman–Crippen MR) is 91.0 cm³/mol. The molecule has 2 rings (SSSR count). The van der Waals surface area contributed by atoms with Crippen molar-refractivity contribution in [1.82, 2.24) is 0 Å². The zero-order valence-electron chi connectivity index (χ0n) is 13.4. The molecule has 1 amide bonds. The molecule has 0 saturated carbocycles. The third-order valence-electron chi connectivity index (χ3n) is 3.28. The van der Waals surface area contributed by atoms with E-state index < -0.39 is 35.6 Å². The van der Waals surface area contributed by atoms with Crippen molar-refractivity contribution in [3.8, 4) is 6.07 Å². The third-order valence-corrected chi connectivity index (χ3v) is 3.51. The molecule has 2 aromatic rings. The third kappa shape index (κ3) is 4.46. The van der Waals surface area contributed by atoms with Gasteiger partial charge in [-0.15, -0.1) is 0 Å². The molecule has 0 bridgehead atoms. The van der Waals surface area contributed by atoms with Crippen LogP contribution in [0.3, 0.4) is 0 Å². The molecule has 9 heteroatoms. The SMILES string of the molecule is COC(=O)c1cc(NCC(=O)Nc2cc(Cl)ccc2C#N)c(F)cc1F. The van der Waals surface area contributed by atoms with E-state index in [0.29, 0.717) is 11.1 Å². The quantitative estimate of drug-likeness (QED) is 0.777. The van der Waals surface area contributed by atoms with Crippen LogP contribution < -0.4 is 10.6 Å². The Morgan fingerprint density at radius 2 is 1.92 bits per heavy atom. The van der Waals surface area contributed by atoms with E-state index in [-0.39, 0.29) is 16.9 Å². The van der Waals surface area contributed by atoms with Crippen LogP contribution in [0.5, 0.6) is 0 Å². The van der Waals surface area contributed by atoms with E-state index in [1.54, 1.807) is 0 Å². The van der Waals surface area contributed by atoms with Gasteiger partial charge in [0, 0.05) is 11.1 Å². The van der Waals surface area contributed by atoms with Crippen molar-refractivity contribution >= 4 is 34.9 Å². The van der Waals surface area contributed by atoms with Crippen LogP contribution in [-0.4, -0.2) is 25.5 Å². The molecule has 0 fully saturated rings. The van der Waals surface area contributed by atoms with E-state index in [1.807, 2.05) is 6.07 Å². The van der Waals surface area contributed by atoms with Crippen LogP contribution in [-0.2, 0) is 9.53 Å². The Hall–Kier alpha value is -3.18. The van der Waals surface area contributed by atoms with E-state index in [9.17, 15) is 18.4 Å². The van der Waals surface area contributed by atoms with E-state index >= 15 is 0 Å². The number of nitriles is 1. The molecule has 134 valence electrons. The zero-order valence-corrected chi connectivity index (χ0v) is 14.2. The molecule has 0 aliphatic rings. The summed E-state index contributed by atoms with van der Waals surface area (Å²) in [6.45, 7) is -0.402. The van der Waals surface area contributed by atoms with Crippen molar-refractivity contribution in [2.75, 3.05) is 24.3 Å². The first kappa shape index (κ1) is 19.1. The summed E-state index contributed by atoms with van der Waals surface area (Å²) in [6.07, 6.45) is 0. The first-order chi connectivity index (χ1) is 12.3. The number of carbonyl (C=O) groups is 2. The number of anilines is 2. The number of ether oxygens (including phenoxy) is 1. The van der Waals surface area contributed by atoms with Crippen molar-refractivity contribution in [1.29, 1.82) is 5.26 Å². The van der Waals surface area contributed by atoms with Gasteiger partial charge in [0.15, 0.2) is 0 Å². The number of hydrogen-bond acceptors (Lipinski definition) is 5. The number of halogens is 3. The molecular weight excluding hydrogens is 368 g/mol. The van der Waals surface area contributed by atoms with Crippen molar-refractivity contribution in [2.24, 2.45) is 0 Å². The van der Waals surface area contributed by atoms with Crippen molar-refractivity contribution < 1.29 is 23.1 Å². The van der Waals surface area contributed by atoms with E-state index in [0.717, 1.165) is 13.2 Å². The Morgan fingerprint density at radius 1 is 1.19 bits per heavy atom. The van der Waals surface area contributed by atoms with Gasteiger partial charge in [0.25, 0.3) is 0 Å². The van der Waals surface area contributed by atoms with Gasteiger partial charge in [-0.1, -0.05) is 11.6 Å². The minimum absolute atomic E-state index is 0.196. The van der Waals surface area contributed by atoms with Gasteiger partial charge >= 0.3 is 5.97 Å². The number of methoxy groups -OCH3 is 1. The normalized spacial score (nSPS) is 9.96. The molecular formula is C17H12ClF2N3O3. The van der Waals surface area contributed by atoms with Crippen molar-refractivity contribution in [2.45, 2.75) is 0 Å². The Kier molecular flexibility index (Phi) is 6.09. The van der Waals surface area contributed by atoms with Crippen LogP contribution in [0.25, 0.3) is 0 Å². The summed E-state index contributed by atoms with van der Waals surface area (Å²) in [4.78, 5) is 23.4. The monoisotopic (exact) mass is 379 g/mol. The molecule has 2 N–H and O–H groups in total. The molecule has 0 aliphatic carbocycles. The van der Waals surface area contributed by atoms with Gasteiger partial charge < -0.3 is 15.4 Å². The van der Waals surface area contributed by atoms with Crippen LogP contribution in [0, 0.1) is 23.0 Å². The molecule has 0 atom stereocenters.